The third-order valence-electron chi connectivity index (χ3n) is 3.21. The summed E-state index contributed by atoms with van der Waals surface area (Å²) in [4.78, 5) is 18.9. The molecule has 0 aromatic carbocycles. The van der Waals surface area contributed by atoms with Gasteiger partial charge in [-0.25, -0.2) is 14.6 Å². The molecular weight excluding hydrogens is 375 g/mol. The second kappa shape index (κ2) is 6.64. The summed E-state index contributed by atoms with van der Waals surface area (Å²) in [6.07, 6.45) is -2.47. The van der Waals surface area contributed by atoms with Crippen molar-refractivity contribution in [1.82, 2.24) is 19.7 Å². The van der Waals surface area contributed by atoms with E-state index >= 15 is 0 Å². The molecule has 0 aliphatic carbocycles. The molecule has 0 aliphatic heterocycles. The highest BCUT2D eigenvalue weighted by Gasteiger charge is 2.30. The molecule has 134 valence electrons. The Balaban J connectivity index is 1.93. The molecule has 3 aromatic rings. The van der Waals surface area contributed by atoms with Gasteiger partial charge in [0.15, 0.2) is 11.6 Å². The lowest BCUT2D eigenvalue weighted by atomic mass is 10.3. The van der Waals surface area contributed by atoms with E-state index in [1.807, 2.05) is 0 Å². The Morgan fingerprint density at radius 3 is 2.54 bits per heavy atom. The third kappa shape index (κ3) is 3.59. The van der Waals surface area contributed by atoms with E-state index in [1.165, 1.54) is 12.3 Å². The van der Waals surface area contributed by atoms with Crippen molar-refractivity contribution in [2.45, 2.75) is 6.18 Å². The van der Waals surface area contributed by atoms with Crippen molar-refractivity contribution < 1.29 is 23.1 Å². The maximum Gasteiger partial charge on any atom is 0.417 e. The largest absolute Gasteiger partial charge is 0.543 e. The van der Waals surface area contributed by atoms with Crippen molar-refractivity contribution in [3.63, 3.8) is 0 Å². The lowest BCUT2D eigenvalue weighted by molar-refractivity contribution is -0.255. The van der Waals surface area contributed by atoms with Crippen LogP contribution in [-0.2, 0) is 6.18 Å². The average molecular weight is 383 g/mol. The zero-order valence-corrected chi connectivity index (χ0v) is 13.4. The fourth-order valence-electron chi connectivity index (χ4n) is 2.05. The highest BCUT2D eigenvalue weighted by Crippen LogP contribution is 2.29. The average Bonchev–Trinajstić information content (AvgIpc) is 2.99. The van der Waals surface area contributed by atoms with Gasteiger partial charge in [-0.15, -0.1) is 5.10 Å². The van der Waals surface area contributed by atoms with Gasteiger partial charge in [0.1, 0.15) is 5.82 Å². The highest BCUT2D eigenvalue weighted by molar-refractivity contribution is 6.32. The van der Waals surface area contributed by atoms with Gasteiger partial charge in [0.25, 0.3) is 0 Å². The number of rotatable bonds is 4. The summed E-state index contributed by atoms with van der Waals surface area (Å²) >= 11 is 5.99. The molecule has 26 heavy (non-hydrogen) atoms. The standard InChI is InChI=1S/C15H9ClF3N5O2/c16-9-2-1-5-20-13(9)24-10(14(25)26)6-12(23-24)22-11-4-3-8(7-21-11)15(17,18)19/h1-7H,(H,25,26)(H,21,22,23)/p-1. The van der Waals surface area contributed by atoms with Gasteiger partial charge >= 0.3 is 6.18 Å². The first-order valence-electron chi connectivity index (χ1n) is 6.98. The lowest BCUT2D eigenvalue weighted by Crippen LogP contribution is -2.25. The highest BCUT2D eigenvalue weighted by atomic mass is 35.5. The van der Waals surface area contributed by atoms with Gasteiger partial charge in [-0.2, -0.15) is 13.2 Å². The summed E-state index contributed by atoms with van der Waals surface area (Å²) in [6.45, 7) is 0. The minimum atomic E-state index is -4.51. The van der Waals surface area contributed by atoms with Gasteiger partial charge < -0.3 is 15.2 Å². The van der Waals surface area contributed by atoms with Crippen LogP contribution in [0, 0.1) is 0 Å². The number of nitrogens with one attached hydrogen (secondary N) is 1. The summed E-state index contributed by atoms with van der Waals surface area (Å²) in [5, 5.41) is 18.1. The van der Waals surface area contributed by atoms with E-state index in [-0.39, 0.29) is 28.2 Å². The number of aromatic carboxylic acids is 1. The number of anilines is 2. The number of carbonyl (C=O) groups is 1. The number of carbonyl (C=O) groups excluding carboxylic acids is 1. The number of nitrogens with zero attached hydrogens (tertiary/aromatic N) is 4. The molecule has 0 bridgehead atoms. The van der Waals surface area contributed by atoms with Crippen LogP contribution in [0.5, 0.6) is 0 Å². The summed E-state index contributed by atoms with van der Waals surface area (Å²) in [5.41, 5.74) is -1.26. The maximum atomic E-state index is 12.5. The van der Waals surface area contributed by atoms with Crippen LogP contribution in [0.3, 0.4) is 0 Å². The Morgan fingerprint density at radius 2 is 1.96 bits per heavy atom. The van der Waals surface area contributed by atoms with Gasteiger partial charge in [0.05, 0.1) is 22.2 Å². The van der Waals surface area contributed by atoms with Crippen LogP contribution in [-0.4, -0.2) is 25.7 Å². The molecule has 0 saturated heterocycles. The van der Waals surface area contributed by atoms with Crippen molar-refractivity contribution in [3.8, 4) is 5.82 Å². The molecule has 7 nitrogen and oxygen atoms in total. The summed E-state index contributed by atoms with van der Waals surface area (Å²) in [5.74, 6) is -1.42. The van der Waals surface area contributed by atoms with E-state index in [9.17, 15) is 23.1 Å². The van der Waals surface area contributed by atoms with Crippen LogP contribution >= 0.6 is 11.6 Å². The van der Waals surface area contributed by atoms with Crippen molar-refractivity contribution in [2.24, 2.45) is 0 Å². The molecule has 3 rings (SSSR count). The predicted octanol–water partition coefficient (Wildman–Crippen LogP) is 2.44. The number of pyridine rings is 2. The first-order valence-corrected chi connectivity index (χ1v) is 7.36. The number of hydrogen-bond donors (Lipinski definition) is 1. The summed E-state index contributed by atoms with van der Waals surface area (Å²) in [7, 11) is 0. The van der Waals surface area contributed by atoms with Crippen LogP contribution in [0.2, 0.25) is 5.02 Å². The molecule has 0 saturated carbocycles. The fourth-order valence-corrected chi connectivity index (χ4v) is 2.25. The smallest absolute Gasteiger partial charge is 0.417 e. The van der Waals surface area contributed by atoms with Crippen LogP contribution in [0.4, 0.5) is 24.8 Å². The van der Waals surface area contributed by atoms with Crippen LogP contribution in [0.15, 0.2) is 42.7 Å². The first kappa shape index (κ1) is 17.7. The monoisotopic (exact) mass is 382 g/mol. The number of hydrogen-bond acceptors (Lipinski definition) is 6. The molecule has 11 heteroatoms. The summed E-state index contributed by atoms with van der Waals surface area (Å²) in [6, 6.07) is 6.10. The van der Waals surface area contributed by atoms with Crippen LogP contribution in [0.25, 0.3) is 5.82 Å². The van der Waals surface area contributed by atoms with E-state index < -0.39 is 17.7 Å². The number of aromatic nitrogens is 4. The second-order valence-corrected chi connectivity index (χ2v) is 5.38. The van der Waals surface area contributed by atoms with Crippen LogP contribution < -0.4 is 10.4 Å². The predicted molar refractivity (Wildman–Crippen MR) is 83.2 cm³/mol. The fraction of sp³-hybridized carbons (Fsp3) is 0.0667. The number of halogens is 4. The molecular formula is C15H8ClF3N5O2-. The molecule has 0 atom stereocenters. The van der Waals surface area contributed by atoms with Gasteiger partial charge in [-0.05, 0) is 24.3 Å². The number of carboxylic acid groups (broad SMARTS) is 1. The summed E-state index contributed by atoms with van der Waals surface area (Å²) < 4.78 is 38.6. The first-order chi connectivity index (χ1) is 12.3. The van der Waals surface area contributed by atoms with E-state index in [4.69, 9.17) is 11.6 Å². The van der Waals surface area contributed by atoms with Crippen molar-refractivity contribution in [3.05, 3.63) is 59.0 Å². The Hall–Kier alpha value is -3.14. The third-order valence-corrected chi connectivity index (χ3v) is 3.50. The van der Waals surface area contributed by atoms with E-state index in [0.29, 0.717) is 6.20 Å². The van der Waals surface area contributed by atoms with E-state index in [2.05, 4.69) is 20.4 Å². The quantitative estimate of drug-likeness (QED) is 0.744. The van der Waals surface area contributed by atoms with Crippen LogP contribution in [0.1, 0.15) is 16.1 Å². The van der Waals surface area contributed by atoms with Crippen molar-refractivity contribution in [1.29, 1.82) is 0 Å². The maximum absolute atomic E-state index is 12.5. The normalized spacial score (nSPS) is 11.4. The van der Waals surface area contributed by atoms with Crippen molar-refractivity contribution >= 4 is 29.2 Å². The molecule has 1 N–H and O–H groups in total. The minimum Gasteiger partial charge on any atom is -0.543 e. The molecule has 0 amide bonds. The number of carboxylic acids is 1. The zero-order valence-electron chi connectivity index (χ0n) is 12.7. The van der Waals surface area contributed by atoms with Gasteiger partial charge in [-0.1, -0.05) is 11.6 Å². The molecule has 0 unspecified atom stereocenters. The van der Waals surface area contributed by atoms with Gasteiger partial charge in [0.2, 0.25) is 0 Å². The Bertz CT molecular complexity index is 957. The zero-order chi connectivity index (χ0) is 18.9. The molecule has 3 heterocycles. The Labute approximate surface area is 149 Å². The second-order valence-electron chi connectivity index (χ2n) is 4.98. The Morgan fingerprint density at radius 1 is 1.19 bits per heavy atom. The van der Waals surface area contributed by atoms with Crippen molar-refractivity contribution in [2.75, 3.05) is 5.32 Å². The molecule has 3 aromatic heterocycles. The molecule has 0 aliphatic rings. The Kier molecular flexibility index (Phi) is 4.51. The lowest BCUT2D eigenvalue weighted by Gasteiger charge is -2.08. The SMILES string of the molecule is O=C([O-])c1cc(Nc2ccc(C(F)(F)F)cn2)nn1-c1ncccc1Cl. The molecule has 0 radical (unpaired) electrons. The van der Waals surface area contributed by atoms with E-state index in [0.717, 1.165) is 22.9 Å². The molecule has 0 spiro atoms. The molecule has 0 fully saturated rings. The minimum absolute atomic E-state index is 0.0122. The number of alkyl halides is 3. The van der Waals surface area contributed by atoms with E-state index in [1.54, 1.807) is 6.07 Å². The topological polar surface area (TPSA) is 95.8 Å². The van der Waals surface area contributed by atoms with Gasteiger partial charge in [-0.3, -0.25) is 0 Å². The van der Waals surface area contributed by atoms with Gasteiger partial charge in [0, 0.05) is 18.5 Å².